The summed E-state index contributed by atoms with van der Waals surface area (Å²) >= 11 is 0. The summed E-state index contributed by atoms with van der Waals surface area (Å²) in [4.78, 5) is 37.6. The molecule has 1 heterocycles. The largest absolute Gasteiger partial charge is 0.480 e. The molecule has 1 unspecified atom stereocenters. The van der Waals surface area contributed by atoms with Crippen molar-refractivity contribution in [2.45, 2.75) is 45.1 Å². The van der Waals surface area contributed by atoms with Crippen LogP contribution in [0.15, 0.2) is 24.3 Å². The minimum absolute atomic E-state index is 0.0829. The van der Waals surface area contributed by atoms with Crippen LogP contribution in [0.3, 0.4) is 0 Å². The van der Waals surface area contributed by atoms with Crippen molar-refractivity contribution in [3.63, 3.8) is 0 Å². The molecule has 148 valence electrons. The molecule has 0 aliphatic carbocycles. The summed E-state index contributed by atoms with van der Waals surface area (Å²) in [6.45, 7) is 2.59. The quantitative estimate of drug-likeness (QED) is 0.678. The predicted octanol–water partition coefficient (Wildman–Crippen LogP) is 2.83. The van der Waals surface area contributed by atoms with Gasteiger partial charge in [0.05, 0.1) is 11.6 Å². The number of para-hydroxylation sites is 1. The number of unbranched alkanes of at least 4 members (excludes halogenated alkanes) is 1. The van der Waals surface area contributed by atoms with E-state index < -0.39 is 29.8 Å². The average molecular weight is 379 g/mol. The fourth-order valence-electron chi connectivity index (χ4n) is 3.09. The molecule has 1 aliphatic rings. The van der Waals surface area contributed by atoms with Crippen molar-refractivity contribution in [3.05, 3.63) is 30.1 Å². The average Bonchev–Trinajstić information content (AvgIpc) is 2.66. The number of halogens is 1. The Balaban J connectivity index is 1.94. The van der Waals surface area contributed by atoms with Crippen molar-refractivity contribution < 1.29 is 23.9 Å². The van der Waals surface area contributed by atoms with E-state index in [2.05, 4.69) is 10.6 Å². The normalized spacial score (nSPS) is 17.9. The molecule has 0 radical (unpaired) electrons. The zero-order chi connectivity index (χ0) is 19.8. The van der Waals surface area contributed by atoms with Gasteiger partial charge in [0.1, 0.15) is 11.9 Å². The highest BCUT2D eigenvalue weighted by Crippen LogP contribution is 2.19. The van der Waals surface area contributed by atoms with E-state index in [-0.39, 0.29) is 18.1 Å². The van der Waals surface area contributed by atoms with E-state index in [0.717, 1.165) is 6.42 Å². The number of piperidine rings is 1. The standard InChI is InChI=1S/C19H26FN3O4/c1-2-3-9-16(18(25)26)21-17(24)13-7-6-11-23(12-13)19(27)22-15-10-5-4-8-14(15)20/h4-5,8,10,13,16H,2-3,6-7,9,11-12H2,1H3,(H,21,24)(H,22,27)(H,25,26)/t13?,16-/m0/s1. The second kappa shape index (κ2) is 9.89. The summed E-state index contributed by atoms with van der Waals surface area (Å²) in [5.74, 6) is -2.42. The van der Waals surface area contributed by atoms with Crippen LogP contribution in [-0.4, -0.2) is 47.0 Å². The number of aliphatic carboxylic acids is 1. The zero-order valence-electron chi connectivity index (χ0n) is 15.4. The lowest BCUT2D eigenvalue weighted by Crippen LogP contribution is -2.50. The van der Waals surface area contributed by atoms with Crippen molar-refractivity contribution in [1.82, 2.24) is 10.2 Å². The lowest BCUT2D eigenvalue weighted by atomic mass is 9.96. The molecule has 0 saturated carbocycles. The number of nitrogens with zero attached hydrogens (tertiary/aromatic N) is 1. The lowest BCUT2D eigenvalue weighted by molar-refractivity contribution is -0.143. The van der Waals surface area contributed by atoms with Crippen molar-refractivity contribution >= 4 is 23.6 Å². The molecular formula is C19H26FN3O4. The fraction of sp³-hybridized carbons (Fsp3) is 0.526. The molecule has 7 nitrogen and oxygen atoms in total. The van der Waals surface area contributed by atoms with Gasteiger partial charge < -0.3 is 20.6 Å². The van der Waals surface area contributed by atoms with Crippen LogP contribution in [0.4, 0.5) is 14.9 Å². The van der Waals surface area contributed by atoms with E-state index in [1.54, 1.807) is 6.07 Å². The SMILES string of the molecule is CCCC[C@H](NC(=O)C1CCCN(C(=O)Nc2ccccc2F)C1)C(=O)O. The number of anilines is 1. The molecule has 1 fully saturated rings. The van der Waals surface area contributed by atoms with Crippen LogP contribution in [0.5, 0.6) is 0 Å². The van der Waals surface area contributed by atoms with Gasteiger partial charge in [-0.25, -0.2) is 14.0 Å². The van der Waals surface area contributed by atoms with Crippen LogP contribution >= 0.6 is 0 Å². The van der Waals surface area contributed by atoms with Crippen molar-refractivity contribution in [2.24, 2.45) is 5.92 Å². The predicted molar refractivity (Wildman–Crippen MR) is 98.8 cm³/mol. The number of urea groups is 1. The van der Waals surface area contributed by atoms with Gasteiger partial charge in [-0.05, 0) is 31.4 Å². The third-order valence-corrected chi connectivity index (χ3v) is 4.66. The number of nitrogens with one attached hydrogen (secondary N) is 2. The summed E-state index contributed by atoms with van der Waals surface area (Å²) in [6, 6.07) is 4.48. The Morgan fingerprint density at radius 2 is 2.07 bits per heavy atom. The van der Waals surface area contributed by atoms with Gasteiger partial charge in [-0.15, -0.1) is 0 Å². The molecule has 3 N–H and O–H groups in total. The molecule has 1 aromatic carbocycles. The number of benzene rings is 1. The maximum Gasteiger partial charge on any atom is 0.326 e. The molecule has 27 heavy (non-hydrogen) atoms. The van der Waals surface area contributed by atoms with E-state index in [0.29, 0.717) is 32.2 Å². The molecule has 3 amide bonds. The van der Waals surface area contributed by atoms with Gasteiger partial charge >= 0.3 is 12.0 Å². The first-order valence-electron chi connectivity index (χ1n) is 9.26. The molecule has 2 atom stereocenters. The first-order valence-corrected chi connectivity index (χ1v) is 9.26. The number of amides is 3. The maximum atomic E-state index is 13.7. The first kappa shape index (κ1) is 20.7. The van der Waals surface area contributed by atoms with Gasteiger partial charge in [0.25, 0.3) is 0 Å². The van der Waals surface area contributed by atoms with Gasteiger partial charge in [-0.1, -0.05) is 31.9 Å². The second-order valence-corrected chi connectivity index (χ2v) is 6.74. The Kier molecular flexibility index (Phi) is 7.57. The summed E-state index contributed by atoms with van der Waals surface area (Å²) in [5, 5.41) is 14.3. The van der Waals surface area contributed by atoms with Gasteiger partial charge in [0.2, 0.25) is 5.91 Å². The van der Waals surface area contributed by atoms with E-state index >= 15 is 0 Å². The molecule has 1 aliphatic heterocycles. The maximum absolute atomic E-state index is 13.7. The fourth-order valence-corrected chi connectivity index (χ4v) is 3.09. The molecule has 0 bridgehead atoms. The van der Waals surface area contributed by atoms with Crippen LogP contribution in [0.1, 0.15) is 39.0 Å². The van der Waals surface area contributed by atoms with Gasteiger partial charge in [0.15, 0.2) is 0 Å². The summed E-state index contributed by atoms with van der Waals surface area (Å²) in [6.07, 6.45) is 3.12. The Morgan fingerprint density at radius 1 is 1.33 bits per heavy atom. The van der Waals surface area contributed by atoms with E-state index in [4.69, 9.17) is 0 Å². The van der Waals surface area contributed by atoms with Crippen LogP contribution in [0, 0.1) is 11.7 Å². The minimum atomic E-state index is -1.05. The number of carbonyl (C=O) groups is 3. The van der Waals surface area contributed by atoms with E-state index in [9.17, 15) is 23.9 Å². The highest BCUT2D eigenvalue weighted by molar-refractivity contribution is 5.90. The zero-order valence-corrected chi connectivity index (χ0v) is 15.4. The van der Waals surface area contributed by atoms with Gasteiger partial charge in [-0.3, -0.25) is 4.79 Å². The summed E-state index contributed by atoms with van der Waals surface area (Å²) in [5.41, 5.74) is 0.0829. The van der Waals surface area contributed by atoms with Crippen LogP contribution in [0.2, 0.25) is 0 Å². The number of carboxylic acids is 1. The molecule has 1 saturated heterocycles. The van der Waals surface area contributed by atoms with Crippen LogP contribution in [-0.2, 0) is 9.59 Å². The van der Waals surface area contributed by atoms with E-state index in [1.807, 2.05) is 6.92 Å². The molecule has 2 rings (SSSR count). The Labute approximate surface area is 157 Å². The molecule has 8 heteroatoms. The van der Waals surface area contributed by atoms with Gasteiger partial charge in [0, 0.05) is 13.1 Å². The number of hydrogen-bond donors (Lipinski definition) is 3. The van der Waals surface area contributed by atoms with E-state index in [1.165, 1.54) is 23.1 Å². The number of likely N-dealkylation sites (tertiary alicyclic amines) is 1. The third kappa shape index (κ3) is 5.94. The second-order valence-electron chi connectivity index (χ2n) is 6.74. The minimum Gasteiger partial charge on any atom is -0.480 e. The Morgan fingerprint density at radius 3 is 2.74 bits per heavy atom. The van der Waals surface area contributed by atoms with Crippen molar-refractivity contribution in [2.75, 3.05) is 18.4 Å². The molecule has 1 aromatic rings. The van der Waals surface area contributed by atoms with Crippen LogP contribution < -0.4 is 10.6 Å². The number of carbonyl (C=O) groups excluding carboxylic acids is 2. The summed E-state index contributed by atoms with van der Waals surface area (Å²) < 4.78 is 13.7. The molecule has 0 spiro atoms. The monoisotopic (exact) mass is 379 g/mol. The molecular weight excluding hydrogens is 353 g/mol. The number of carboxylic acid groups (broad SMARTS) is 1. The topological polar surface area (TPSA) is 98.7 Å². The van der Waals surface area contributed by atoms with Crippen LogP contribution in [0.25, 0.3) is 0 Å². The van der Waals surface area contributed by atoms with Gasteiger partial charge in [-0.2, -0.15) is 0 Å². The lowest BCUT2D eigenvalue weighted by Gasteiger charge is -2.32. The number of rotatable bonds is 7. The third-order valence-electron chi connectivity index (χ3n) is 4.66. The molecule has 0 aromatic heterocycles. The Bertz CT molecular complexity index is 683. The number of hydrogen-bond acceptors (Lipinski definition) is 3. The smallest absolute Gasteiger partial charge is 0.326 e. The highest BCUT2D eigenvalue weighted by atomic mass is 19.1. The highest BCUT2D eigenvalue weighted by Gasteiger charge is 2.31. The Hall–Kier alpha value is -2.64. The van der Waals surface area contributed by atoms with Crippen molar-refractivity contribution in [1.29, 1.82) is 0 Å². The van der Waals surface area contributed by atoms with Crippen molar-refractivity contribution in [3.8, 4) is 0 Å². The first-order chi connectivity index (χ1) is 12.9. The summed E-state index contributed by atoms with van der Waals surface area (Å²) in [7, 11) is 0.